The van der Waals surface area contributed by atoms with Crippen molar-refractivity contribution in [3.63, 3.8) is 0 Å². The minimum absolute atomic E-state index is 0.314. The van der Waals surface area contributed by atoms with Gasteiger partial charge in [0.15, 0.2) is 0 Å². The summed E-state index contributed by atoms with van der Waals surface area (Å²) in [6.45, 7) is 4.64. The van der Waals surface area contributed by atoms with E-state index in [0.717, 1.165) is 12.4 Å². The first-order valence-corrected chi connectivity index (χ1v) is 6.12. The summed E-state index contributed by atoms with van der Waals surface area (Å²) in [6, 6.07) is 4.89. The SMILES string of the molecule is CCn1c(C)nc(-c2ccc(Br)c(F)c2)c1N. The molecule has 2 aromatic rings. The topological polar surface area (TPSA) is 43.8 Å². The molecule has 2 rings (SSSR count). The van der Waals surface area contributed by atoms with Crippen molar-refractivity contribution in [1.82, 2.24) is 9.55 Å². The lowest BCUT2D eigenvalue weighted by Crippen LogP contribution is -2.02. The van der Waals surface area contributed by atoms with Crippen molar-refractivity contribution >= 4 is 21.7 Å². The van der Waals surface area contributed by atoms with E-state index in [1.54, 1.807) is 12.1 Å². The molecule has 0 saturated carbocycles. The van der Waals surface area contributed by atoms with Crippen molar-refractivity contribution in [2.75, 3.05) is 5.73 Å². The van der Waals surface area contributed by atoms with E-state index in [4.69, 9.17) is 5.73 Å². The molecule has 0 amide bonds. The Bertz CT molecular complexity index is 563. The number of imidazole rings is 1. The average Bonchev–Trinajstić information content (AvgIpc) is 2.58. The Morgan fingerprint density at radius 2 is 2.18 bits per heavy atom. The molecule has 1 heterocycles. The molecule has 0 unspecified atom stereocenters. The molecular weight excluding hydrogens is 285 g/mol. The highest BCUT2D eigenvalue weighted by molar-refractivity contribution is 9.10. The van der Waals surface area contributed by atoms with Gasteiger partial charge in [0, 0.05) is 12.1 Å². The largest absolute Gasteiger partial charge is 0.383 e. The molecule has 0 fully saturated rings. The van der Waals surface area contributed by atoms with Crippen LogP contribution < -0.4 is 5.73 Å². The van der Waals surface area contributed by atoms with E-state index >= 15 is 0 Å². The van der Waals surface area contributed by atoms with Gasteiger partial charge in [-0.1, -0.05) is 6.07 Å². The molecule has 0 saturated heterocycles. The van der Waals surface area contributed by atoms with E-state index < -0.39 is 0 Å². The summed E-state index contributed by atoms with van der Waals surface area (Å²) in [4.78, 5) is 4.38. The number of aryl methyl sites for hydroxylation is 1. The molecule has 0 radical (unpaired) electrons. The molecule has 0 spiro atoms. The summed E-state index contributed by atoms with van der Waals surface area (Å²) in [5.74, 6) is 1.10. The Hall–Kier alpha value is -1.36. The van der Waals surface area contributed by atoms with Gasteiger partial charge in [-0.3, -0.25) is 0 Å². The van der Waals surface area contributed by atoms with E-state index in [1.165, 1.54) is 6.07 Å². The van der Waals surface area contributed by atoms with Crippen LogP contribution in [-0.4, -0.2) is 9.55 Å². The predicted molar refractivity (Wildman–Crippen MR) is 70.1 cm³/mol. The maximum absolute atomic E-state index is 13.5. The number of benzene rings is 1. The fourth-order valence-corrected chi connectivity index (χ4v) is 2.08. The third-order valence-corrected chi connectivity index (χ3v) is 3.35. The van der Waals surface area contributed by atoms with Crippen molar-refractivity contribution in [3.05, 3.63) is 34.3 Å². The summed E-state index contributed by atoms with van der Waals surface area (Å²) in [6.07, 6.45) is 0. The number of hydrogen-bond donors (Lipinski definition) is 1. The smallest absolute Gasteiger partial charge is 0.138 e. The van der Waals surface area contributed by atoms with Crippen LogP contribution in [0.3, 0.4) is 0 Å². The fraction of sp³-hybridized carbons (Fsp3) is 0.250. The Kier molecular flexibility index (Phi) is 3.19. The second-order valence-corrected chi connectivity index (χ2v) is 4.62. The fourth-order valence-electron chi connectivity index (χ4n) is 1.84. The molecular formula is C12H13BrFN3. The summed E-state index contributed by atoms with van der Waals surface area (Å²) in [5, 5.41) is 0. The van der Waals surface area contributed by atoms with Crippen molar-refractivity contribution in [2.45, 2.75) is 20.4 Å². The minimum Gasteiger partial charge on any atom is -0.383 e. The van der Waals surface area contributed by atoms with Crippen molar-refractivity contribution in [2.24, 2.45) is 0 Å². The predicted octanol–water partition coefficient (Wildman–Crippen LogP) is 3.36. The van der Waals surface area contributed by atoms with Crippen LogP contribution in [0, 0.1) is 12.7 Å². The van der Waals surface area contributed by atoms with E-state index in [-0.39, 0.29) is 5.82 Å². The summed E-state index contributed by atoms with van der Waals surface area (Å²) in [5.41, 5.74) is 7.33. The van der Waals surface area contributed by atoms with Gasteiger partial charge in [-0.2, -0.15) is 0 Å². The molecule has 17 heavy (non-hydrogen) atoms. The monoisotopic (exact) mass is 297 g/mol. The lowest BCUT2D eigenvalue weighted by Gasteiger charge is -2.04. The molecule has 1 aromatic carbocycles. The van der Waals surface area contributed by atoms with E-state index in [1.807, 2.05) is 18.4 Å². The van der Waals surface area contributed by atoms with Crippen LogP contribution in [0.25, 0.3) is 11.3 Å². The Labute approximate surface area is 108 Å². The minimum atomic E-state index is -0.314. The van der Waals surface area contributed by atoms with Gasteiger partial charge in [-0.25, -0.2) is 9.37 Å². The van der Waals surface area contributed by atoms with E-state index in [0.29, 0.717) is 21.5 Å². The van der Waals surface area contributed by atoms with Crippen LogP contribution in [0.2, 0.25) is 0 Å². The number of hydrogen-bond acceptors (Lipinski definition) is 2. The van der Waals surface area contributed by atoms with E-state index in [9.17, 15) is 4.39 Å². The Morgan fingerprint density at radius 1 is 1.47 bits per heavy atom. The van der Waals surface area contributed by atoms with Crippen LogP contribution in [-0.2, 0) is 6.54 Å². The van der Waals surface area contributed by atoms with Crippen LogP contribution in [0.5, 0.6) is 0 Å². The van der Waals surface area contributed by atoms with Crippen molar-refractivity contribution < 1.29 is 4.39 Å². The first-order chi connectivity index (χ1) is 8.04. The molecule has 2 N–H and O–H groups in total. The van der Waals surface area contributed by atoms with Crippen LogP contribution in [0.4, 0.5) is 10.2 Å². The standard InChI is InChI=1S/C12H13BrFN3/c1-3-17-7(2)16-11(12(17)15)8-4-5-9(13)10(14)6-8/h4-6H,3,15H2,1-2H3. The van der Waals surface area contributed by atoms with Gasteiger partial charge >= 0.3 is 0 Å². The summed E-state index contributed by atoms with van der Waals surface area (Å²) < 4.78 is 15.8. The molecule has 3 nitrogen and oxygen atoms in total. The second kappa shape index (κ2) is 4.49. The van der Waals surface area contributed by atoms with Crippen LogP contribution >= 0.6 is 15.9 Å². The van der Waals surface area contributed by atoms with E-state index in [2.05, 4.69) is 20.9 Å². The van der Waals surface area contributed by atoms with Gasteiger partial charge in [-0.15, -0.1) is 0 Å². The highest BCUT2D eigenvalue weighted by atomic mass is 79.9. The molecule has 5 heteroatoms. The number of nitrogens with zero attached hydrogens (tertiary/aromatic N) is 2. The summed E-state index contributed by atoms with van der Waals surface area (Å²) in [7, 11) is 0. The molecule has 0 bridgehead atoms. The molecule has 90 valence electrons. The number of nitrogens with two attached hydrogens (primary N) is 1. The zero-order valence-corrected chi connectivity index (χ0v) is 11.3. The Balaban J connectivity index is 2.57. The number of nitrogen functional groups attached to an aromatic ring is 1. The van der Waals surface area contributed by atoms with Gasteiger partial charge in [-0.05, 0) is 41.9 Å². The molecule has 1 aromatic heterocycles. The Morgan fingerprint density at radius 3 is 2.71 bits per heavy atom. The zero-order valence-electron chi connectivity index (χ0n) is 9.67. The molecule has 0 aliphatic carbocycles. The van der Waals surface area contributed by atoms with Gasteiger partial charge in [0.1, 0.15) is 23.2 Å². The third kappa shape index (κ3) is 2.07. The normalized spacial score (nSPS) is 10.8. The highest BCUT2D eigenvalue weighted by Crippen LogP contribution is 2.28. The van der Waals surface area contributed by atoms with Gasteiger partial charge in [0.25, 0.3) is 0 Å². The maximum Gasteiger partial charge on any atom is 0.138 e. The number of anilines is 1. The lowest BCUT2D eigenvalue weighted by atomic mass is 10.1. The van der Waals surface area contributed by atoms with Gasteiger partial charge < -0.3 is 10.3 Å². The zero-order chi connectivity index (χ0) is 12.6. The first kappa shape index (κ1) is 12.1. The average molecular weight is 298 g/mol. The van der Waals surface area contributed by atoms with Crippen molar-refractivity contribution in [3.8, 4) is 11.3 Å². The lowest BCUT2D eigenvalue weighted by molar-refractivity contribution is 0.621. The van der Waals surface area contributed by atoms with Crippen LogP contribution in [0.1, 0.15) is 12.7 Å². The highest BCUT2D eigenvalue weighted by Gasteiger charge is 2.13. The summed E-state index contributed by atoms with van der Waals surface area (Å²) >= 11 is 3.12. The molecule has 0 aliphatic heterocycles. The molecule has 0 aliphatic rings. The third-order valence-electron chi connectivity index (χ3n) is 2.71. The van der Waals surface area contributed by atoms with Gasteiger partial charge in [0.2, 0.25) is 0 Å². The number of aromatic nitrogens is 2. The second-order valence-electron chi connectivity index (χ2n) is 3.77. The molecule has 0 atom stereocenters. The first-order valence-electron chi connectivity index (χ1n) is 5.32. The number of rotatable bonds is 2. The van der Waals surface area contributed by atoms with Crippen LogP contribution in [0.15, 0.2) is 22.7 Å². The number of halogens is 2. The maximum atomic E-state index is 13.5. The van der Waals surface area contributed by atoms with Gasteiger partial charge in [0.05, 0.1) is 4.47 Å². The van der Waals surface area contributed by atoms with Crippen molar-refractivity contribution in [1.29, 1.82) is 0 Å². The quantitative estimate of drug-likeness (QED) is 0.924.